The minimum Gasteiger partial charge on any atom is -0.380 e. The molecule has 0 unspecified atom stereocenters. The molecule has 1 aliphatic rings. The maximum Gasteiger partial charge on any atom is 0.0494 e. The first-order chi connectivity index (χ1) is 10.3. The summed E-state index contributed by atoms with van der Waals surface area (Å²) in [5, 5.41) is 3.62. The Kier molecular flexibility index (Phi) is 4.94. The van der Waals surface area contributed by atoms with E-state index in [4.69, 9.17) is 0 Å². The van der Waals surface area contributed by atoms with Crippen LogP contribution in [-0.2, 0) is 19.5 Å². The fraction of sp³-hybridized carbons (Fsp3) is 0.444. The van der Waals surface area contributed by atoms with Crippen molar-refractivity contribution in [3.8, 4) is 0 Å². The van der Waals surface area contributed by atoms with Crippen molar-refractivity contribution in [1.82, 2.24) is 4.90 Å². The van der Waals surface area contributed by atoms with E-state index in [9.17, 15) is 0 Å². The summed E-state index contributed by atoms with van der Waals surface area (Å²) < 4.78 is 0. The highest BCUT2D eigenvalue weighted by atomic mass is 32.1. The van der Waals surface area contributed by atoms with E-state index >= 15 is 0 Å². The fourth-order valence-electron chi connectivity index (χ4n) is 2.90. The van der Waals surface area contributed by atoms with Crippen molar-refractivity contribution in [2.75, 3.05) is 18.4 Å². The topological polar surface area (TPSA) is 15.3 Å². The van der Waals surface area contributed by atoms with E-state index < -0.39 is 0 Å². The van der Waals surface area contributed by atoms with Gasteiger partial charge in [-0.3, -0.25) is 4.90 Å². The van der Waals surface area contributed by atoms with Gasteiger partial charge in [0.25, 0.3) is 0 Å². The molecule has 1 fully saturated rings. The van der Waals surface area contributed by atoms with Crippen LogP contribution in [0, 0.1) is 0 Å². The highest BCUT2D eigenvalue weighted by Crippen LogP contribution is 2.22. The number of nitrogens with zero attached hydrogens (tertiary/aromatic N) is 1. The molecule has 0 aliphatic carbocycles. The summed E-state index contributed by atoms with van der Waals surface area (Å²) in [6.07, 6.45) is 3.84. The number of nitrogens with one attached hydrogen (secondary N) is 1. The van der Waals surface area contributed by atoms with Gasteiger partial charge in [0.2, 0.25) is 0 Å². The van der Waals surface area contributed by atoms with Crippen LogP contribution in [0.2, 0.25) is 0 Å². The van der Waals surface area contributed by atoms with E-state index in [1.165, 1.54) is 46.9 Å². The Labute approximate surface area is 131 Å². The molecule has 1 aromatic heterocycles. The van der Waals surface area contributed by atoms with Gasteiger partial charge in [-0.1, -0.05) is 25.1 Å². The summed E-state index contributed by atoms with van der Waals surface area (Å²) >= 11 is 1.92. The van der Waals surface area contributed by atoms with Gasteiger partial charge in [0.15, 0.2) is 0 Å². The molecular formula is C18H24N2S. The molecule has 0 bridgehead atoms. The number of anilines is 1. The van der Waals surface area contributed by atoms with Gasteiger partial charge in [-0.15, -0.1) is 11.3 Å². The molecule has 0 radical (unpaired) electrons. The number of rotatable bonds is 6. The Morgan fingerprint density at radius 1 is 1.05 bits per heavy atom. The average Bonchev–Trinajstić information content (AvgIpc) is 3.17. The predicted octanol–water partition coefficient (Wildman–Crippen LogP) is 4.52. The number of hydrogen-bond donors (Lipinski definition) is 1. The van der Waals surface area contributed by atoms with Gasteiger partial charge < -0.3 is 5.32 Å². The highest BCUT2D eigenvalue weighted by Gasteiger charge is 2.13. The van der Waals surface area contributed by atoms with Crippen molar-refractivity contribution in [3.63, 3.8) is 0 Å². The second kappa shape index (κ2) is 7.10. The van der Waals surface area contributed by atoms with Crippen LogP contribution in [0.5, 0.6) is 0 Å². The minimum atomic E-state index is 0.932. The van der Waals surface area contributed by atoms with Gasteiger partial charge in [0.05, 0.1) is 0 Å². The van der Waals surface area contributed by atoms with E-state index in [1.54, 1.807) is 0 Å². The van der Waals surface area contributed by atoms with Crippen LogP contribution < -0.4 is 5.32 Å². The first-order valence-electron chi connectivity index (χ1n) is 7.97. The predicted molar refractivity (Wildman–Crippen MR) is 92.0 cm³/mol. The van der Waals surface area contributed by atoms with Crippen LogP contribution in [0.1, 0.15) is 35.1 Å². The van der Waals surface area contributed by atoms with Crippen LogP contribution in [0.3, 0.4) is 0 Å². The summed E-state index contributed by atoms with van der Waals surface area (Å²) in [5.41, 5.74) is 2.71. The lowest BCUT2D eigenvalue weighted by molar-refractivity contribution is 0.332. The van der Waals surface area contributed by atoms with Gasteiger partial charge in [-0.05, 0) is 56.1 Å². The molecule has 1 saturated heterocycles. The number of benzene rings is 1. The van der Waals surface area contributed by atoms with E-state index in [2.05, 4.69) is 53.5 Å². The Morgan fingerprint density at radius 2 is 1.81 bits per heavy atom. The first kappa shape index (κ1) is 14.6. The molecule has 112 valence electrons. The van der Waals surface area contributed by atoms with Gasteiger partial charge in [-0.2, -0.15) is 0 Å². The Hall–Kier alpha value is -1.32. The molecule has 21 heavy (non-hydrogen) atoms. The molecule has 1 aliphatic heterocycles. The molecule has 2 nitrogen and oxygen atoms in total. The van der Waals surface area contributed by atoms with Crippen molar-refractivity contribution in [2.24, 2.45) is 0 Å². The Balaban J connectivity index is 1.64. The number of thiophene rings is 1. The summed E-state index contributed by atoms with van der Waals surface area (Å²) in [7, 11) is 0. The molecule has 0 saturated carbocycles. The number of para-hydroxylation sites is 1. The van der Waals surface area contributed by atoms with Gasteiger partial charge in [0.1, 0.15) is 0 Å². The maximum atomic E-state index is 3.62. The molecular weight excluding hydrogens is 276 g/mol. The number of aryl methyl sites for hydroxylation is 1. The zero-order valence-corrected chi connectivity index (χ0v) is 13.6. The average molecular weight is 300 g/mol. The van der Waals surface area contributed by atoms with Crippen LogP contribution >= 0.6 is 11.3 Å². The SMILES string of the molecule is CCc1ccc(CNc2ccccc2CN2CCCC2)s1. The standard InChI is InChI=1S/C18H24N2S/c1-2-16-9-10-17(21-16)13-19-18-8-4-3-7-15(18)14-20-11-5-6-12-20/h3-4,7-10,19H,2,5-6,11-14H2,1H3. The number of hydrogen-bond acceptors (Lipinski definition) is 3. The van der Waals surface area contributed by atoms with Crippen molar-refractivity contribution in [3.05, 3.63) is 51.7 Å². The summed E-state index contributed by atoms with van der Waals surface area (Å²) in [4.78, 5) is 5.45. The molecule has 2 heterocycles. The molecule has 3 rings (SSSR count). The lowest BCUT2D eigenvalue weighted by Crippen LogP contribution is -2.19. The second-order valence-electron chi connectivity index (χ2n) is 5.72. The number of likely N-dealkylation sites (tertiary alicyclic amines) is 1. The van der Waals surface area contributed by atoms with Crippen LogP contribution in [0.15, 0.2) is 36.4 Å². The van der Waals surface area contributed by atoms with E-state index in [-0.39, 0.29) is 0 Å². The summed E-state index contributed by atoms with van der Waals surface area (Å²) in [5.74, 6) is 0. The van der Waals surface area contributed by atoms with E-state index in [0.29, 0.717) is 0 Å². The van der Waals surface area contributed by atoms with Crippen molar-refractivity contribution in [1.29, 1.82) is 0 Å². The molecule has 1 aromatic carbocycles. The molecule has 0 spiro atoms. The Bertz CT molecular complexity index is 570. The quantitative estimate of drug-likeness (QED) is 0.844. The third-order valence-electron chi connectivity index (χ3n) is 4.13. The Morgan fingerprint density at radius 3 is 2.57 bits per heavy atom. The van der Waals surface area contributed by atoms with Crippen LogP contribution in [-0.4, -0.2) is 18.0 Å². The molecule has 0 amide bonds. The minimum absolute atomic E-state index is 0.932. The second-order valence-corrected chi connectivity index (χ2v) is 6.97. The maximum absolute atomic E-state index is 3.62. The zero-order valence-electron chi connectivity index (χ0n) is 12.8. The summed E-state index contributed by atoms with van der Waals surface area (Å²) in [6.45, 7) is 6.72. The largest absolute Gasteiger partial charge is 0.380 e. The lowest BCUT2D eigenvalue weighted by atomic mass is 10.1. The third-order valence-corrected chi connectivity index (χ3v) is 5.36. The van der Waals surface area contributed by atoms with Gasteiger partial charge in [0, 0.05) is 28.5 Å². The highest BCUT2D eigenvalue weighted by molar-refractivity contribution is 7.12. The molecule has 1 N–H and O–H groups in total. The molecule has 0 atom stereocenters. The monoisotopic (exact) mass is 300 g/mol. The fourth-order valence-corrected chi connectivity index (χ4v) is 3.80. The van der Waals surface area contributed by atoms with Crippen molar-refractivity contribution >= 4 is 17.0 Å². The summed E-state index contributed by atoms with van der Waals surface area (Å²) in [6, 6.07) is 13.2. The van der Waals surface area contributed by atoms with Gasteiger partial charge in [-0.25, -0.2) is 0 Å². The molecule has 2 aromatic rings. The lowest BCUT2D eigenvalue weighted by Gasteiger charge is -2.18. The van der Waals surface area contributed by atoms with Crippen molar-refractivity contribution < 1.29 is 0 Å². The van der Waals surface area contributed by atoms with Crippen LogP contribution in [0.4, 0.5) is 5.69 Å². The zero-order chi connectivity index (χ0) is 14.5. The first-order valence-corrected chi connectivity index (χ1v) is 8.78. The normalized spacial score (nSPS) is 15.5. The van der Waals surface area contributed by atoms with E-state index in [0.717, 1.165) is 19.5 Å². The van der Waals surface area contributed by atoms with Crippen LogP contribution in [0.25, 0.3) is 0 Å². The van der Waals surface area contributed by atoms with Gasteiger partial charge >= 0.3 is 0 Å². The third kappa shape index (κ3) is 3.86. The van der Waals surface area contributed by atoms with E-state index in [1.807, 2.05) is 11.3 Å². The smallest absolute Gasteiger partial charge is 0.0494 e. The van der Waals surface area contributed by atoms with Crippen molar-refractivity contribution in [2.45, 2.75) is 39.3 Å². The molecule has 3 heteroatoms.